The van der Waals surface area contributed by atoms with Crippen molar-refractivity contribution >= 4 is 11.3 Å². The van der Waals surface area contributed by atoms with E-state index < -0.39 is 5.54 Å². The smallest absolute Gasteiger partial charge is 0.123 e. The van der Waals surface area contributed by atoms with E-state index in [-0.39, 0.29) is 5.82 Å². The maximum Gasteiger partial charge on any atom is 0.123 e. The second-order valence-electron chi connectivity index (χ2n) is 5.46. The fourth-order valence-corrected chi connectivity index (χ4v) is 3.02. The molecule has 0 aliphatic carbocycles. The third-order valence-corrected chi connectivity index (χ3v) is 4.20. The lowest BCUT2D eigenvalue weighted by Gasteiger charge is -2.22. The van der Waals surface area contributed by atoms with Crippen LogP contribution in [0.4, 0.5) is 4.39 Å². The first-order chi connectivity index (χ1) is 8.88. The number of benzene rings is 1. The first-order valence-electron chi connectivity index (χ1n) is 6.38. The average Bonchev–Trinajstić information content (AvgIpc) is 2.78. The van der Waals surface area contributed by atoms with E-state index in [4.69, 9.17) is 5.73 Å². The topological polar surface area (TPSA) is 38.9 Å². The van der Waals surface area contributed by atoms with Crippen LogP contribution in [0.1, 0.15) is 43.0 Å². The Kier molecular flexibility index (Phi) is 4.02. The summed E-state index contributed by atoms with van der Waals surface area (Å²) in [5.41, 5.74) is 7.76. The number of hydrogen-bond acceptors (Lipinski definition) is 3. The monoisotopic (exact) mass is 278 g/mol. The van der Waals surface area contributed by atoms with Crippen LogP contribution < -0.4 is 5.73 Å². The van der Waals surface area contributed by atoms with Crippen LogP contribution in [0.25, 0.3) is 0 Å². The zero-order valence-electron chi connectivity index (χ0n) is 11.5. The third kappa shape index (κ3) is 3.39. The van der Waals surface area contributed by atoms with Crippen LogP contribution in [0, 0.1) is 5.82 Å². The third-order valence-electron chi connectivity index (χ3n) is 3.06. The zero-order chi connectivity index (χ0) is 14.0. The summed E-state index contributed by atoms with van der Waals surface area (Å²) >= 11 is 1.58. The average molecular weight is 278 g/mol. The Morgan fingerprint density at radius 2 is 2.16 bits per heavy atom. The SMILES string of the molecule is CC(C)c1csc(C(C)(N)Cc2cccc(F)c2)n1. The Morgan fingerprint density at radius 3 is 2.74 bits per heavy atom. The van der Waals surface area contributed by atoms with Gasteiger partial charge >= 0.3 is 0 Å². The van der Waals surface area contributed by atoms with Crippen LogP contribution in [-0.2, 0) is 12.0 Å². The highest BCUT2D eigenvalue weighted by Gasteiger charge is 2.26. The van der Waals surface area contributed by atoms with Crippen LogP contribution in [0.5, 0.6) is 0 Å². The van der Waals surface area contributed by atoms with Crippen molar-refractivity contribution in [1.82, 2.24) is 4.98 Å². The molecule has 1 unspecified atom stereocenters. The van der Waals surface area contributed by atoms with Crippen molar-refractivity contribution in [2.45, 2.75) is 38.6 Å². The number of nitrogens with zero attached hydrogens (tertiary/aromatic N) is 1. The predicted molar refractivity (Wildman–Crippen MR) is 77.8 cm³/mol. The van der Waals surface area contributed by atoms with Crippen molar-refractivity contribution < 1.29 is 4.39 Å². The van der Waals surface area contributed by atoms with Crippen LogP contribution in [0.2, 0.25) is 0 Å². The molecule has 0 saturated carbocycles. The van der Waals surface area contributed by atoms with Crippen molar-refractivity contribution in [1.29, 1.82) is 0 Å². The van der Waals surface area contributed by atoms with Crippen molar-refractivity contribution in [2.75, 3.05) is 0 Å². The Labute approximate surface area is 117 Å². The van der Waals surface area contributed by atoms with Crippen molar-refractivity contribution in [3.05, 3.63) is 51.7 Å². The summed E-state index contributed by atoms with van der Waals surface area (Å²) in [5, 5.41) is 2.96. The molecule has 0 saturated heterocycles. The van der Waals surface area contributed by atoms with E-state index in [9.17, 15) is 4.39 Å². The van der Waals surface area contributed by atoms with E-state index in [1.807, 2.05) is 13.0 Å². The highest BCUT2D eigenvalue weighted by atomic mass is 32.1. The predicted octanol–water partition coefficient (Wildman–Crippen LogP) is 3.82. The maximum absolute atomic E-state index is 13.2. The van der Waals surface area contributed by atoms with Crippen molar-refractivity contribution in [3.63, 3.8) is 0 Å². The molecule has 0 aliphatic rings. The minimum Gasteiger partial charge on any atom is -0.319 e. The van der Waals surface area contributed by atoms with Gasteiger partial charge in [-0.05, 0) is 37.0 Å². The van der Waals surface area contributed by atoms with E-state index in [2.05, 4.69) is 24.2 Å². The molecule has 4 heteroatoms. The van der Waals surface area contributed by atoms with E-state index in [1.54, 1.807) is 17.4 Å². The molecule has 102 valence electrons. The van der Waals surface area contributed by atoms with E-state index in [0.717, 1.165) is 16.3 Å². The second kappa shape index (κ2) is 5.39. The number of aromatic nitrogens is 1. The fraction of sp³-hybridized carbons (Fsp3) is 0.400. The summed E-state index contributed by atoms with van der Waals surface area (Å²) in [7, 11) is 0. The first-order valence-corrected chi connectivity index (χ1v) is 7.25. The van der Waals surface area contributed by atoms with E-state index in [0.29, 0.717) is 12.3 Å². The Morgan fingerprint density at radius 1 is 1.42 bits per heavy atom. The minimum absolute atomic E-state index is 0.227. The number of halogens is 1. The van der Waals surface area contributed by atoms with Crippen LogP contribution in [-0.4, -0.2) is 4.98 Å². The first kappa shape index (κ1) is 14.2. The molecule has 2 N–H and O–H groups in total. The van der Waals surface area contributed by atoms with Gasteiger partial charge in [-0.3, -0.25) is 0 Å². The zero-order valence-corrected chi connectivity index (χ0v) is 12.3. The molecule has 1 atom stereocenters. The summed E-state index contributed by atoms with van der Waals surface area (Å²) < 4.78 is 13.2. The van der Waals surface area contributed by atoms with E-state index >= 15 is 0 Å². The fourth-order valence-electron chi connectivity index (χ4n) is 1.96. The normalized spacial score (nSPS) is 14.6. The second-order valence-corrected chi connectivity index (χ2v) is 6.31. The highest BCUT2D eigenvalue weighted by Crippen LogP contribution is 2.28. The molecule has 0 fully saturated rings. The number of rotatable bonds is 4. The molecule has 0 amide bonds. The summed E-state index contributed by atoms with van der Waals surface area (Å²) in [4.78, 5) is 4.60. The van der Waals surface area contributed by atoms with Gasteiger partial charge in [0, 0.05) is 5.38 Å². The van der Waals surface area contributed by atoms with Gasteiger partial charge in [-0.15, -0.1) is 11.3 Å². The molecule has 0 radical (unpaired) electrons. The molecular formula is C15H19FN2S. The van der Waals surface area contributed by atoms with Crippen LogP contribution in [0.15, 0.2) is 29.6 Å². The molecule has 2 nitrogen and oxygen atoms in total. The van der Waals surface area contributed by atoms with Gasteiger partial charge in [0.05, 0.1) is 11.2 Å². The largest absolute Gasteiger partial charge is 0.319 e. The van der Waals surface area contributed by atoms with Gasteiger partial charge in [0.15, 0.2) is 0 Å². The quantitative estimate of drug-likeness (QED) is 0.923. The molecule has 2 rings (SSSR count). The summed E-state index contributed by atoms with van der Waals surface area (Å²) in [5.74, 6) is 0.172. The standard InChI is InChI=1S/C15H19FN2S/c1-10(2)13-9-19-14(18-13)15(3,17)8-11-5-4-6-12(16)7-11/h4-7,9-10H,8,17H2,1-3H3. The van der Waals surface area contributed by atoms with Gasteiger partial charge in [-0.2, -0.15) is 0 Å². The Hall–Kier alpha value is -1.26. The minimum atomic E-state index is -0.564. The molecule has 19 heavy (non-hydrogen) atoms. The van der Waals surface area contributed by atoms with E-state index in [1.165, 1.54) is 12.1 Å². The molecule has 0 bridgehead atoms. The van der Waals surface area contributed by atoms with Gasteiger partial charge in [0.25, 0.3) is 0 Å². The van der Waals surface area contributed by atoms with Crippen LogP contribution in [0.3, 0.4) is 0 Å². The van der Waals surface area contributed by atoms with Gasteiger partial charge in [-0.1, -0.05) is 26.0 Å². The molecule has 0 aliphatic heterocycles. The molecular weight excluding hydrogens is 259 g/mol. The lowest BCUT2D eigenvalue weighted by atomic mass is 9.94. The number of thiazole rings is 1. The molecule has 2 aromatic rings. The van der Waals surface area contributed by atoms with Crippen molar-refractivity contribution in [3.8, 4) is 0 Å². The summed E-state index contributed by atoms with van der Waals surface area (Å²) in [6.45, 7) is 6.17. The Bertz CT molecular complexity index is 561. The van der Waals surface area contributed by atoms with Crippen LogP contribution >= 0.6 is 11.3 Å². The Balaban J connectivity index is 2.21. The molecule has 1 aromatic heterocycles. The lowest BCUT2D eigenvalue weighted by Crippen LogP contribution is -2.35. The lowest BCUT2D eigenvalue weighted by molar-refractivity contribution is 0.484. The summed E-state index contributed by atoms with van der Waals surface area (Å²) in [6.07, 6.45) is 0.579. The molecule has 0 spiro atoms. The van der Waals surface area contributed by atoms with Crippen molar-refractivity contribution in [2.24, 2.45) is 5.73 Å². The van der Waals surface area contributed by atoms with Gasteiger partial charge in [-0.25, -0.2) is 9.37 Å². The van der Waals surface area contributed by atoms with Gasteiger partial charge in [0.2, 0.25) is 0 Å². The summed E-state index contributed by atoms with van der Waals surface area (Å²) in [6, 6.07) is 6.58. The number of nitrogens with two attached hydrogens (primary N) is 1. The van der Waals surface area contributed by atoms with Gasteiger partial charge in [0.1, 0.15) is 10.8 Å². The molecule has 1 aromatic carbocycles. The maximum atomic E-state index is 13.2. The number of hydrogen-bond donors (Lipinski definition) is 1. The van der Waals surface area contributed by atoms with Gasteiger partial charge < -0.3 is 5.73 Å². The highest BCUT2D eigenvalue weighted by molar-refractivity contribution is 7.09. The molecule has 1 heterocycles.